The zero-order valence-electron chi connectivity index (χ0n) is 11.1. The van der Waals surface area contributed by atoms with Gasteiger partial charge < -0.3 is 10.1 Å². The van der Waals surface area contributed by atoms with Gasteiger partial charge >= 0.3 is 6.18 Å². The molecule has 0 aliphatic heterocycles. The highest BCUT2D eigenvalue weighted by Gasteiger charge is 2.25. The van der Waals surface area contributed by atoms with E-state index in [9.17, 15) is 13.2 Å². The molecule has 0 radical (unpaired) electrons. The minimum Gasteiger partial charge on any atom is -0.380 e. The van der Waals surface area contributed by atoms with E-state index in [1.807, 2.05) is 24.3 Å². The van der Waals surface area contributed by atoms with Crippen molar-refractivity contribution in [3.63, 3.8) is 0 Å². The number of benzene rings is 1. The Morgan fingerprint density at radius 1 is 1.11 bits per heavy atom. The molecule has 0 aromatic heterocycles. The van der Waals surface area contributed by atoms with Crippen molar-refractivity contribution in [1.82, 2.24) is 5.32 Å². The minimum atomic E-state index is -4.04. The van der Waals surface area contributed by atoms with E-state index in [1.165, 1.54) is 0 Å². The smallest absolute Gasteiger partial charge is 0.380 e. The van der Waals surface area contributed by atoms with Crippen molar-refractivity contribution in [1.29, 1.82) is 0 Å². The predicted octanol–water partition coefficient (Wildman–Crippen LogP) is 3.66. The molecule has 1 aromatic carbocycles. The van der Waals surface area contributed by atoms with Gasteiger partial charge in [-0.1, -0.05) is 24.3 Å². The van der Waals surface area contributed by atoms with Crippen LogP contribution < -0.4 is 5.32 Å². The van der Waals surface area contributed by atoms with Gasteiger partial charge in [-0.2, -0.15) is 13.2 Å². The van der Waals surface area contributed by atoms with Crippen molar-refractivity contribution < 1.29 is 17.9 Å². The average molecular weight is 275 g/mol. The summed E-state index contributed by atoms with van der Waals surface area (Å²) in [7, 11) is 1.64. The molecule has 1 aromatic rings. The molecule has 0 spiro atoms. The summed E-state index contributed by atoms with van der Waals surface area (Å²) in [5.74, 6) is 0. The van der Waals surface area contributed by atoms with Gasteiger partial charge in [0.25, 0.3) is 0 Å². The van der Waals surface area contributed by atoms with Crippen LogP contribution in [0.2, 0.25) is 0 Å². The molecule has 19 heavy (non-hydrogen) atoms. The van der Waals surface area contributed by atoms with E-state index in [4.69, 9.17) is 4.74 Å². The van der Waals surface area contributed by atoms with Crippen molar-refractivity contribution in [2.24, 2.45) is 0 Å². The molecule has 0 fully saturated rings. The number of hydrogen-bond acceptors (Lipinski definition) is 2. The van der Waals surface area contributed by atoms with Crippen molar-refractivity contribution >= 4 is 0 Å². The zero-order valence-corrected chi connectivity index (χ0v) is 11.1. The molecular formula is C14H20F3NO. The van der Waals surface area contributed by atoms with Gasteiger partial charge in [0.15, 0.2) is 0 Å². The van der Waals surface area contributed by atoms with Crippen LogP contribution in [-0.4, -0.2) is 19.8 Å². The number of halogens is 3. The first kappa shape index (κ1) is 16.0. The molecule has 1 N–H and O–H groups in total. The SMILES string of the molecule is COCc1ccccc1CNCCCCC(F)(F)F. The lowest BCUT2D eigenvalue weighted by Gasteiger charge is -2.10. The average Bonchev–Trinajstić information content (AvgIpc) is 2.34. The predicted molar refractivity (Wildman–Crippen MR) is 68.8 cm³/mol. The lowest BCUT2D eigenvalue weighted by Crippen LogP contribution is -2.17. The molecule has 0 amide bonds. The van der Waals surface area contributed by atoms with Gasteiger partial charge in [0.2, 0.25) is 0 Å². The molecule has 0 saturated heterocycles. The normalized spacial score (nSPS) is 11.8. The van der Waals surface area contributed by atoms with Crippen LogP contribution in [0.4, 0.5) is 13.2 Å². The molecule has 108 valence electrons. The van der Waals surface area contributed by atoms with Crippen LogP contribution in [0.3, 0.4) is 0 Å². The molecule has 0 aliphatic carbocycles. The summed E-state index contributed by atoms with van der Waals surface area (Å²) >= 11 is 0. The van der Waals surface area contributed by atoms with E-state index < -0.39 is 12.6 Å². The number of nitrogens with one attached hydrogen (secondary N) is 1. The Labute approximate surface area is 112 Å². The summed E-state index contributed by atoms with van der Waals surface area (Å²) < 4.78 is 40.9. The topological polar surface area (TPSA) is 21.3 Å². The Hall–Kier alpha value is -1.07. The number of alkyl halides is 3. The number of hydrogen-bond donors (Lipinski definition) is 1. The van der Waals surface area contributed by atoms with Gasteiger partial charge in [-0.15, -0.1) is 0 Å². The van der Waals surface area contributed by atoms with Gasteiger partial charge in [0, 0.05) is 20.1 Å². The summed E-state index contributed by atoms with van der Waals surface area (Å²) in [6, 6.07) is 7.88. The molecule has 0 saturated carbocycles. The second-order valence-corrected chi connectivity index (χ2v) is 4.45. The van der Waals surface area contributed by atoms with E-state index in [0.29, 0.717) is 26.1 Å². The maximum Gasteiger partial charge on any atom is 0.389 e. The third-order valence-electron chi connectivity index (χ3n) is 2.80. The lowest BCUT2D eigenvalue weighted by molar-refractivity contribution is -0.135. The second kappa shape index (κ2) is 8.17. The summed E-state index contributed by atoms with van der Waals surface area (Å²) in [6.07, 6.45) is -4.03. The monoisotopic (exact) mass is 275 g/mol. The highest BCUT2D eigenvalue weighted by Crippen LogP contribution is 2.21. The van der Waals surface area contributed by atoms with E-state index >= 15 is 0 Å². The van der Waals surface area contributed by atoms with Gasteiger partial charge in [-0.05, 0) is 30.5 Å². The first-order chi connectivity index (χ1) is 9.03. The first-order valence-electron chi connectivity index (χ1n) is 6.36. The highest BCUT2D eigenvalue weighted by molar-refractivity contribution is 5.26. The molecule has 1 rings (SSSR count). The molecule has 0 heterocycles. The van der Waals surface area contributed by atoms with Gasteiger partial charge in [0.1, 0.15) is 0 Å². The quantitative estimate of drug-likeness (QED) is 0.731. The summed E-state index contributed by atoms with van der Waals surface area (Å²) in [5.41, 5.74) is 2.23. The van der Waals surface area contributed by atoms with Crippen LogP contribution in [0.1, 0.15) is 30.4 Å². The Morgan fingerprint density at radius 2 is 1.79 bits per heavy atom. The van der Waals surface area contributed by atoms with Crippen LogP contribution in [-0.2, 0) is 17.9 Å². The zero-order chi connectivity index (χ0) is 14.1. The van der Waals surface area contributed by atoms with Crippen molar-refractivity contribution in [2.45, 2.75) is 38.6 Å². The molecule has 0 atom stereocenters. The standard InChI is InChI=1S/C14H20F3NO/c1-19-11-13-7-3-2-6-12(13)10-18-9-5-4-8-14(15,16)17/h2-3,6-7,18H,4-5,8-11H2,1H3. The number of rotatable bonds is 8. The van der Waals surface area contributed by atoms with Crippen LogP contribution in [0.25, 0.3) is 0 Å². The molecule has 0 aliphatic rings. The fraction of sp³-hybridized carbons (Fsp3) is 0.571. The Morgan fingerprint density at radius 3 is 2.42 bits per heavy atom. The molecule has 0 unspecified atom stereocenters. The molecule has 5 heteroatoms. The van der Waals surface area contributed by atoms with Gasteiger partial charge in [-0.25, -0.2) is 0 Å². The minimum absolute atomic E-state index is 0.177. The van der Waals surface area contributed by atoms with E-state index in [2.05, 4.69) is 5.32 Å². The summed E-state index contributed by atoms with van der Waals surface area (Å²) in [5, 5.41) is 3.16. The molecular weight excluding hydrogens is 255 g/mol. The van der Waals surface area contributed by atoms with Crippen LogP contribution in [0.15, 0.2) is 24.3 Å². The van der Waals surface area contributed by atoms with E-state index in [-0.39, 0.29) is 6.42 Å². The highest BCUT2D eigenvalue weighted by atomic mass is 19.4. The molecule has 2 nitrogen and oxygen atoms in total. The number of ether oxygens (including phenoxy) is 1. The maximum atomic E-state index is 11.9. The molecule has 0 bridgehead atoms. The van der Waals surface area contributed by atoms with Crippen molar-refractivity contribution in [2.75, 3.05) is 13.7 Å². The Balaban J connectivity index is 2.22. The van der Waals surface area contributed by atoms with E-state index in [0.717, 1.165) is 11.1 Å². The van der Waals surface area contributed by atoms with Gasteiger partial charge in [-0.3, -0.25) is 0 Å². The third-order valence-corrected chi connectivity index (χ3v) is 2.80. The Kier molecular flexibility index (Phi) is 6.87. The van der Waals surface area contributed by atoms with Gasteiger partial charge in [0.05, 0.1) is 6.61 Å². The van der Waals surface area contributed by atoms with E-state index in [1.54, 1.807) is 7.11 Å². The largest absolute Gasteiger partial charge is 0.389 e. The third kappa shape index (κ3) is 7.18. The van der Waals surface area contributed by atoms with Crippen LogP contribution in [0.5, 0.6) is 0 Å². The lowest BCUT2D eigenvalue weighted by atomic mass is 10.1. The summed E-state index contributed by atoms with van der Waals surface area (Å²) in [4.78, 5) is 0. The first-order valence-corrected chi connectivity index (χ1v) is 6.36. The fourth-order valence-electron chi connectivity index (χ4n) is 1.82. The van der Waals surface area contributed by atoms with Crippen molar-refractivity contribution in [3.8, 4) is 0 Å². The van der Waals surface area contributed by atoms with Crippen molar-refractivity contribution in [3.05, 3.63) is 35.4 Å². The number of methoxy groups -OCH3 is 1. The van der Waals surface area contributed by atoms with Crippen LogP contribution in [0, 0.1) is 0 Å². The maximum absolute atomic E-state index is 11.9. The fourth-order valence-corrected chi connectivity index (χ4v) is 1.82. The number of unbranched alkanes of at least 4 members (excludes halogenated alkanes) is 1. The summed E-state index contributed by atoms with van der Waals surface area (Å²) in [6.45, 7) is 1.80. The Bertz CT molecular complexity index is 366. The van der Waals surface area contributed by atoms with Crippen LogP contribution >= 0.6 is 0 Å². The second-order valence-electron chi connectivity index (χ2n) is 4.45.